The van der Waals surface area contributed by atoms with Crippen LogP contribution in [0, 0.1) is 34.5 Å². The molecule has 3 saturated carbocycles. The van der Waals surface area contributed by atoms with E-state index in [-0.39, 0.29) is 23.0 Å². The number of thiol groups is 1. The Labute approximate surface area is 168 Å². The van der Waals surface area contributed by atoms with Crippen molar-refractivity contribution in [2.45, 2.75) is 57.7 Å². The molecule has 0 aromatic carbocycles. The van der Waals surface area contributed by atoms with E-state index in [1.807, 2.05) is 13.8 Å². The summed E-state index contributed by atoms with van der Waals surface area (Å²) in [5.74, 6) is -2.77. The first kappa shape index (κ1) is 20.2. The number of rotatable bonds is 1. The largest absolute Gasteiger partial charge is 0.390 e. The van der Waals surface area contributed by atoms with E-state index in [1.54, 1.807) is 0 Å². The van der Waals surface area contributed by atoms with E-state index in [0.29, 0.717) is 6.42 Å². The third-order valence-corrected chi connectivity index (χ3v) is 8.57. The highest BCUT2D eigenvalue weighted by atomic mass is 32.1. The van der Waals surface area contributed by atoms with Crippen molar-refractivity contribution in [3.8, 4) is 0 Å². The van der Waals surface area contributed by atoms with Gasteiger partial charge in [-0.15, -0.1) is 12.6 Å². The van der Waals surface area contributed by atoms with Gasteiger partial charge in [0.25, 0.3) is 0 Å². The molecule has 4 nitrogen and oxygen atoms in total. The molecule has 0 aromatic heterocycles. The van der Waals surface area contributed by atoms with Crippen molar-refractivity contribution in [2.75, 3.05) is 0 Å². The summed E-state index contributed by atoms with van der Waals surface area (Å²) in [6.07, 6.45) is -1.10. The van der Waals surface area contributed by atoms with Gasteiger partial charge in [-0.3, -0.25) is 9.59 Å². The number of alkyl halides is 2. The average molecular weight is 412 g/mol. The van der Waals surface area contributed by atoms with Crippen LogP contribution < -0.4 is 0 Å². The van der Waals surface area contributed by atoms with Crippen LogP contribution in [0.4, 0.5) is 8.78 Å². The average Bonchev–Trinajstić information content (AvgIpc) is 2.85. The Bertz CT molecular complexity index is 812. The maximum atomic E-state index is 16.9. The lowest BCUT2D eigenvalue weighted by molar-refractivity contribution is -0.232. The summed E-state index contributed by atoms with van der Waals surface area (Å²) >= 11 is 4.02. The minimum atomic E-state index is -2.35. The van der Waals surface area contributed by atoms with E-state index >= 15 is 8.78 Å². The molecule has 28 heavy (non-hydrogen) atoms. The van der Waals surface area contributed by atoms with E-state index in [2.05, 4.69) is 12.6 Å². The van der Waals surface area contributed by atoms with Crippen molar-refractivity contribution >= 4 is 23.5 Å². The maximum absolute atomic E-state index is 16.9. The molecule has 10 atom stereocenters. The van der Waals surface area contributed by atoms with Crippen molar-refractivity contribution < 1.29 is 28.6 Å². The lowest BCUT2D eigenvalue weighted by atomic mass is 9.44. The van der Waals surface area contributed by atoms with Crippen LogP contribution in [0.1, 0.15) is 33.6 Å². The Morgan fingerprint density at radius 1 is 1.32 bits per heavy atom. The van der Waals surface area contributed by atoms with Gasteiger partial charge in [-0.25, -0.2) is 8.78 Å². The Hall–Kier alpha value is -1.05. The molecule has 2 N–H and O–H groups in total. The molecular formula is C21H26F2O4S. The van der Waals surface area contributed by atoms with Gasteiger partial charge in [-0.05, 0) is 54.7 Å². The number of carbonyl (C=O) groups is 2. The lowest BCUT2D eigenvalue weighted by Gasteiger charge is -2.63. The number of aliphatic hydroxyl groups is 2. The second-order valence-electron chi connectivity index (χ2n) is 9.59. The molecule has 0 saturated heterocycles. The molecule has 0 aliphatic heterocycles. The Morgan fingerprint density at radius 3 is 2.57 bits per heavy atom. The number of allylic oxidation sites excluding steroid dienone is 3. The fraction of sp³-hybridized carbons (Fsp3) is 0.714. The third kappa shape index (κ3) is 2.18. The minimum absolute atomic E-state index is 0.0142. The summed E-state index contributed by atoms with van der Waals surface area (Å²) in [7, 11) is 0. The van der Waals surface area contributed by atoms with Crippen molar-refractivity contribution in [3.05, 3.63) is 23.8 Å². The fourth-order valence-corrected chi connectivity index (χ4v) is 7.63. The number of halogens is 2. The van der Waals surface area contributed by atoms with Crippen LogP contribution in [0.5, 0.6) is 0 Å². The van der Waals surface area contributed by atoms with Crippen molar-refractivity contribution in [1.29, 1.82) is 0 Å². The normalized spacial score (nSPS) is 55.2. The van der Waals surface area contributed by atoms with Crippen LogP contribution in [-0.2, 0) is 9.59 Å². The van der Waals surface area contributed by atoms with Crippen LogP contribution in [-0.4, -0.2) is 45.2 Å². The van der Waals surface area contributed by atoms with Crippen molar-refractivity contribution in [1.82, 2.24) is 0 Å². The second-order valence-corrected chi connectivity index (χ2v) is 10.0. The molecule has 4 rings (SSSR count). The Balaban J connectivity index is 1.91. The standard InChI is InChI=1S/C21H26F2O4S/c1-9-6-11-15-17(26)16(22)12-7-10(24)4-5-20(12,3)21(15,23)13(25)8-19(11,2)14(9)18(27)28/h4-5,7,9,11,13-17,25-26H,6,8H2,1-3H3,(H,27,28)/t9?,11-,13?,14?,15+,16?,17?,19-,20-,21?/m0/s1. The zero-order chi connectivity index (χ0) is 20.8. The van der Waals surface area contributed by atoms with Crippen LogP contribution in [0.2, 0.25) is 0 Å². The number of hydrogen-bond donors (Lipinski definition) is 3. The zero-order valence-electron chi connectivity index (χ0n) is 16.1. The van der Waals surface area contributed by atoms with E-state index in [0.717, 1.165) is 6.08 Å². The molecule has 7 heteroatoms. The van der Waals surface area contributed by atoms with Crippen molar-refractivity contribution in [2.24, 2.45) is 34.5 Å². The van der Waals surface area contributed by atoms with E-state index in [9.17, 15) is 19.8 Å². The van der Waals surface area contributed by atoms with Gasteiger partial charge in [0.1, 0.15) is 6.17 Å². The summed E-state index contributed by atoms with van der Waals surface area (Å²) in [5, 5.41) is 21.6. The zero-order valence-corrected chi connectivity index (χ0v) is 17.0. The molecule has 4 aliphatic rings. The number of carbonyl (C=O) groups excluding carboxylic acids is 2. The maximum Gasteiger partial charge on any atom is 0.189 e. The lowest BCUT2D eigenvalue weighted by Crippen LogP contribution is -2.72. The number of aliphatic hydroxyl groups excluding tert-OH is 2. The Kier molecular flexibility index (Phi) is 4.33. The molecule has 0 amide bonds. The first-order chi connectivity index (χ1) is 12.9. The molecule has 3 fully saturated rings. The van der Waals surface area contributed by atoms with Crippen LogP contribution >= 0.6 is 12.6 Å². The fourth-order valence-electron chi connectivity index (χ4n) is 7.08. The molecule has 154 valence electrons. The predicted molar refractivity (Wildman–Crippen MR) is 102 cm³/mol. The molecule has 4 aliphatic carbocycles. The first-order valence-corrected chi connectivity index (χ1v) is 10.2. The first-order valence-electron chi connectivity index (χ1n) is 9.76. The molecule has 0 radical (unpaired) electrons. The highest BCUT2D eigenvalue weighted by Gasteiger charge is 2.75. The van der Waals surface area contributed by atoms with E-state index in [1.165, 1.54) is 19.1 Å². The van der Waals surface area contributed by atoms with Gasteiger partial charge in [0, 0.05) is 17.3 Å². The van der Waals surface area contributed by atoms with Crippen molar-refractivity contribution in [3.63, 3.8) is 0 Å². The van der Waals surface area contributed by atoms with Crippen LogP contribution in [0.3, 0.4) is 0 Å². The van der Waals surface area contributed by atoms with Gasteiger partial charge in [-0.1, -0.05) is 19.9 Å². The summed E-state index contributed by atoms with van der Waals surface area (Å²) in [5.41, 5.74) is -4.81. The molecule has 6 unspecified atom stereocenters. The second kappa shape index (κ2) is 5.99. The molecule has 0 heterocycles. The SMILES string of the molecule is CC1C[C@H]2[C@@H]3C(O)C(F)C4=CC(=O)C=C[C@]4(C)C3(F)C(O)C[C@]2(C)C1C(=O)S. The number of ketones is 1. The Morgan fingerprint density at radius 2 is 1.96 bits per heavy atom. The number of fused-ring (bicyclic) bond motifs is 5. The van der Waals surface area contributed by atoms with Crippen LogP contribution in [0.15, 0.2) is 23.8 Å². The highest BCUT2D eigenvalue weighted by molar-refractivity contribution is 7.96. The van der Waals surface area contributed by atoms with Gasteiger partial charge in [0.05, 0.1) is 12.2 Å². The minimum Gasteiger partial charge on any atom is -0.390 e. The van der Waals surface area contributed by atoms with Gasteiger partial charge >= 0.3 is 0 Å². The quantitative estimate of drug-likeness (QED) is 0.579. The van der Waals surface area contributed by atoms with Crippen LogP contribution in [0.25, 0.3) is 0 Å². The molecule has 0 spiro atoms. The molecular weight excluding hydrogens is 386 g/mol. The predicted octanol–water partition coefficient (Wildman–Crippen LogP) is 2.59. The summed E-state index contributed by atoms with van der Waals surface area (Å²) in [6, 6.07) is 0. The topological polar surface area (TPSA) is 74.6 Å². The van der Waals surface area contributed by atoms with Gasteiger partial charge in [0.15, 0.2) is 16.6 Å². The molecule has 0 bridgehead atoms. The number of hydrogen-bond acceptors (Lipinski definition) is 4. The summed E-state index contributed by atoms with van der Waals surface area (Å²) in [6.45, 7) is 5.18. The van der Waals surface area contributed by atoms with Gasteiger partial charge in [0.2, 0.25) is 0 Å². The van der Waals surface area contributed by atoms with Gasteiger partial charge in [-0.2, -0.15) is 0 Å². The monoisotopic (exact) mass is 412 g/mol. The van der Waals surface area contributed by atoms with Gasteiger partial charge < -0.3 is 10.2 Å². The third-order valence-electron chi connectivity index (χ3n) is 8.29. The summed E-state index contributed by atoms with van der Waals surface area (Å²) < 4.78 is 32.2. The summed E-state index contributed by atoms with van der Waals surface area (Å²) in [4.78, 5) is 24.0. The van der Waals surface area contributed by atoms with E-state index < -0.39 is 58.4 Å². The molecule has 0 aromatic rings. The van der Waals surface area contributed by atoms with E-state index in [4.69, 9.17) is 0 Å². The highest BCUT2D eigenvalue weighted by Crippen LogP contribution is 2.70. The smallest absolute Gasteiger partial charge is 0.189 e.